The van der Waals surface area contributed by atoms with Crippen molar-refractivity contribution in [3.8, 4) is 0 Å². The first-order valence-electron chi connectivity index (χ1n) is 7.29. The van der Waals surface area contributed by atoms with Gasteiger partial charge in [-0.3, -0.25) is 18.5 Å². The van der Waals surface area contributed by atoms with Crippen LogP contribution in [0.4, 0.5) is 10.2 Å². The number of rotatable bonds is 4. The largest absolute Gasteiger partial charge is 0.354 e. The van der Waals surface area contributed by atoms with Crippen molar-refractivity contribution >= 4 is 11.5 Å². The summed E-state index contributed by atoms with van der Waals surface area (Å²) in [6, 6.07) is 7.12. The van der Waals surface area contributed by atoms with E-state index in [4.69, 9.17) is 0 Å². The van der Waals surface area contributed by atoms with Crippen molar-refractivity contribution in [2.45, 2.75) is 6.42 Å². The second-order valence-electron chi connectivity index (χ2n) is 5.25. The lowest BCUT2D eigenvalue weighted by Crippen LogP contribution is -2.47. The summed E-state index contributed by atoms with van der Waals surface area (Å²) in [5.74, 6) is 0.733. The van der Waals surface area contributed by atoms with Crippen molar-refractivity contribution in [1.29, 1.82) is 0 Å². The molecule has 0 spiro atoms. The van der Waals surface area contributed by atoms with Crippen LogP contribution >= 0.6 is 0 Å². The van der Waals surface area contributed by atoms with Crippen LogP contribution in [0.25, 0.3) is 5.65 Å². The number of fused-ring (bicyclic) bond motifs is 1. The van der Waals surface area contributed by atoms with Crippen molar-refractivity contribution in [3.63, 3.8) is 0 Å². The average Bonchev–Trinajstić information content (AvgIpc) is 2.53. The number of pyridine rings is 1. The van der Waals surface area contributed by atoms with Gasteiger partial charge in [0.1, 0.15) is 11.5 Å². The molecule has 0 aliphatic carbocycles. The van der Waals surface area contributed by atoms with Crippen molar-refractivity contribution in [1.82, 2.24) is 14.3 Å². The third-order valence-electron chi connectivity index (χ3n) is 3.86. The Morgan fingerprint density at radius 3 is 2.76 bits per heavy atom. The van der Waals surface area contributed by atoms with Gasteiger partial charge in [0, 0.05) is 45.0 Å². The third kappa shape index (κ3) is 3.05. The SMILES string of the molecule is O=c1cc(N2CCN(CCCF)CC2)nc2ccccn12. The molecule has 1 saturated heterocycles. The number of piperazine rings is 1. The molecule has 6 heteroatoms. The molecule has 112 valence electrons. The molecule has 0 atom stereocenters. The van der Waals surface area contributed by atoms with E-state index < -0.39 is 0 Å². The molecule has 0 radical (unpaired) electrons. The summed E-state index contributed by atoms with van der Waals surface area (Å²) in [5, 5.41) is 0. The number of nitrogens with zero attached hydrogens (tertiary/aromatic N) is 4. The van der Waals surface area contributed by atoms with Gasteiger partial charge in [0.25, 0.3) is 5.56 Å². The number of aromatic nitrogens is 2. The highest BCUT2D eigenvalue weighted by molar-refractivity contribution is 5.48. The fourth-order valence-electron chi connectivity index (χ4n) is 2.69. The first-order chi connectivity index (χ1) is 10.3. The molecule has 0 amide bonds. The fourth-order valence-corrected chi connectivity index (χ4v) is 2.69. The predicted molar refractivity (Wildman–Crippen MR) is 80.7 cm³/mol. The summed E-state index contributed by atoms with van der Waals surface area (Å²) < 4.78 is 13.7. The lowest BCUT2D eigenvalue weighted by molar-refractivity contribution is 0.244. The van der Waals surface area contributed by atoms with Crippen molar-refractivity contribution in [2.75, 3.05) is 44.3 Å². The molecule has 0 saturated carbocycles. The van der Waals surface area contributed by atoms with Gasteiger partial charge >= 0.3 is 0 Å². The van der Waals surface area contributed by atoms with Gasteiger partial charge in [-0.2, -0.15) is 0 Å². The van der Waals surface area contributed by atoms with Gasteiger partial charge in [0.15, 0.2) is 0 Å². The van der Waals surface area contributed by atoms with E-state index in [9.17, 15) is 9.18 Å². The Labute approximate surface area is 122 Å². The van der Waals surface area contributed by atoms with E-state index >= 15 is 0 Å². The summed E-state index contributed by atoms with van der Waals surface area (Å²) in [6.07, 6.45) is 2.32. The Hall–Kier alpha value is -1.95. The molecule has 0 aromatic carbocycles. The molecule has 3 heterocycles. The van der Waals surface area contributed by atoms with Crippen molar-refractivity contribution in [2.24, 2.45) is 0 Å². The molecular formula is C15H19FN4O. The van der Waals surface area contributed by atoms with Gasteiger partial charge in [-0.25, -0.2) is 4.98 Å². The monoisotopic (exact) mass is 290 g/mol. The molecule has 0 unspecified atom stereocenters. The van der Waals surface area contributed by atoms with Crippen LogP contribution in [0.15, 0.2) is 35.3 Å². The zero-order chi connectivity index (χ0) is 14.7. The number of halogens is 1. The highest BCUT2D eigenvalue weighted by Gasteiger charge is 2.18. The summed E-state index contributed by atoms with van der Waals surface area (Å²) in [5.41, 5.74) is 0.607. The minimum Gasteiger partial charge on any atom is -0.354 e. The molecule has 5 nitrogen and oxygen atoms in total. The Bertz CT molecular complexity index is 664. The Morgan fingerprint density at radius 2 is 2.00 bits per heavy atom. The van der Waals surface area contributed by atoms with Gasteiger partial charge in [0.2, 0.25) is 0 Å². The topological polar surface area (TPSA) is 40.9 Å². The lowest BCUT2D eigenvalue weighted by Gasteiger charge is -2.35. The zero-order valence-corrected chi connectivity index (χ0v) is 11.9. The maximum Gasteiger partial charge on any atom is 0.259 e. The maximum atomic E-state index is 12.2. The highest BCUT2D eigenvalue weighted by atomic mass is 19.1. The Kier molecular flexibility index (Phi) is 4.15. The minimum atomic E-state index is -0.261. The van der Waals surface area contributed by atoms with Crippen LogP contribution < -0.4 is 10.5 Å². The zero-order valence-electron chi connectivity index (χ0n) is 11.9. The van der Waals surface area contributed by atoms with Crippen LogP contribution in [0.2, 0.25) is 0 Å². The van der Waals surface area contributed by atoms with Gasteiger partial charge in [-0.1, -0.05) is 6.07 Å². The van der Waals surface area contributed by atoms with E-state index in [0.29, 0.717) is 12.1 Å². The van der Waals surface area contributed by atoms with Gasteiger partial charge in [0.05, 0.1) is 6.67 Å². The van der Waals surface area contributed by atoms with Gasteiger partial charge in [-0.05, 0) is 18.6 Å². The second-order valence-corrected chi connectivity index (χ2v) is 5.25. The number of hydrogen-bond acceptors (Lipinski definition) is 4. The Balaban J connectivity index is 1.75. The van der Waals surface area contributed by atoms with Crippen LogP contribution in [0.5, 0.6) is 0 Å². The minimum absolute atomic E-state index is 0.0598. The van der Waals surface area contributed by atoms with E-state index in [-0.39, 0.29) is 12.2 Å². The van der Waals surface area contributed by atoms with E-state index in [2.05, 4.69) is 14.8 Å². The van der Waals surface area contributed by atoms with Gasteiger partial charge in [-0.15, -0.1) is 0 Å². The van der Waals surface area contributed by atoms with Crippen molar-refractivity contribution < 1.29 is 4.39 Å². The van der Waals surface area contributed by atoms with E-state index in [1.54, 1.807) is 16.7 Å². The normalized spacial score (nSPS) is 16.5. The fraction of sp³-hybridized carbons (Fsp3) is 0.467. The standard InChI is InChI=1S/C15H19FN4O/c16-5-3-6-18-8-10-19(11-9-18)14-12-15(21)20-7-2-1-4-13(20)17-14/h1-2,4,7,12H,3,5-6,8-11H2. The maximum absolute atomic E-state index is 12.2. The summed E-state index contributed by atoms with van der Waals surface area (Å²) >= 11 is 0. The van der Waals surface area contributed by atoms with E-state index in [1.807, 2.05) is 18.2 Å². The van der Waals surface area contributed by atoms with Crippen LogP contribution in [0, 0.1) is 0 Å². The molecule has 3 rings (SSSR count). The average molecular weight is 290 g/mol. The summed E-state index contributed by atoms with van der Waals surface area (Å²) in [7, 11) is 0. The van der Waals surface area contributed by atoms with Crippen LogP contribution in [0.3, 0.4) is 0 Å². The Morgan fingerprint density at radius 1 is 1.19 bits per heavy atom. The first-order valence-corrected chi connectivity index (χ1v) is 7.29. The number of hydrogen-bond donors (Lipinski definition) is 0. The van der Waals surface area contributed by atoms with Crippen LogP contribution in [0.1, 0.15) is 6.42 Å². The van der Waals surface area contributed by atoms with Crippen LogP contribution in [-0.4, -0.2) is 53.7 Å². The second kappa shape index (κ2) is 6.22. The van der Waals surface area contributed by atoms with Crippen molar-refractivity contribution in [3.05, 3.63) is 40.8 Å². The van der Waals surface area contributed by atoms with Gasteiger partial charge < -0.3 is 4.90 Å². The summed E-state index contributed by atoms with van der Waals surface area (Å²) in [6.45, 7) is 3.95. The molecule has 0 N–H and O–H groups in total. The smallest absolute Gasteiger partial charge is 0.259 e. The van der Waals surface area contributed by atoms with Crippen LogP contribution in [-0.2, 0) is 0 Å². The quantitative estimate of drug-likeness (QED) is 0.848. The lowest BCUT2D eigenvalue weighted by atomic mass is 10.3. The molecular weight excluding hydrogens is 271 g/mol. The molecule has 21 heavy (non-hydrogen) atoms. The molecule has 1 aliphatic rings. The predicted octanol–water partition coefficient (Wildman–Crippen LogP) is 1.18. The number of anilines is 1. The first kappa shape index (κ1) is 14.0. The molecule has 0 bridgehead atoms. The van der Waals surface area contributed by atoms with E-state index in [1.165, 1.54) is 0 Å². The molecule has 2 aromatic heterocycles. The molecule has 1 fully saturated rings. The summed E-state index contributed by atoms with van der Waals surface area (Å²) in [4.78, 5) is 21.0. The highest BCUT2D eigenvalue weighted by Crippen LogP contribution is 2.13. The van der Waals surface area contributed by atoms with E-state index in [0.717, 1.165) is 38.5 Å². The third-order valence-corrected chi connectivity index (χ3v) is 3.86. The number of alkyl halides is 1. The molecule has 1 aliphatic heterocycles. The molecule has 2 aromatic rings.